The van der Waals surface area contributed by atoms with Gasteiger partial charge in [-0.1, -0.05) is 19.3 Å². The van der Waals surface area contributed by atoms with Crippen LogP contribution in [0.25, 0.3) is 0 Å². The van der Waals surface area contributed by atoms with Crippen molar-refractivity contribution in [3.05, 3.63) is 41.7 Å². The van der Waals surface area contributed by atoms with Gasteiger partial charge in [0.05, 0.1) is 0 Å². The second-order valence-electron chi connectivity index (χ2n) is 8.39. The van der Waals surface area contributed by atoms with Gasteiger partial charge in [-0.15, -0.1) is 0 Å². The highest BCUT2D eigenvalue weighted by Crippen LogP contribution is 2.33. The lowest BCUT2D eigenvalue weighted by atomic mass is 9.82. The minimum absolute atomic E-state index is 0.0577. The molecular weight excluding hydrogens is 426 g/mol. The third-order valence-electron chi connectivity index (χ3n) is 5.82. The molecule has 1 saturated heterocycles. The Hall–Kier alpha value is -2.94. The van der Waals surface area contributed by atoms with Gasteiger partial charge in [0.1, 0.15) is 5.54 Å². The second-order valence-corrected chi connectivity index (χ2v) is 9.43. The Morgan fingerprint density at radius 1 is 1.09 bits per heavy atom. The fourth-order valence-corrected chi connectivity index (χ4v) is 5.12. The predicted octanol–water partition coefficient (Wildman–Crippen LogP) is 3.83. The number of urea groups is 1. The molecule has 0 radical (unpaired) electrons. The SMILES string of the molecule is Cc1cc(C)nc(Sc2ccc(NC(=O)CCN3C(=O)NC4(CCCCC4)C3=O)cc2)n1. The molecular formula is C23H27N5O3S. The Labute approximate surface area is 191 Å². The summed E-state index contributed by atoms with van der Waals surface area (Å²) in [4.78, 5) is 48.5. The van der Waals surface area contributed by atoms with Crippen LogP contribution in [0, 0.1) is 13.8 Å². The zero-order valence-corrected chi connectivity index (χ0v) is 19.1. The number of anilines is 1. The normalized spacial score (nSPS) is 17.5. The number of rotatable bonds is 6. The van der Waals surface area contributed by atoms with Crippen molar-refractivity contribution in [1.29, 1.82) is 0 Å². The number of hydrogen-bond acceptors (Lipinski definition) is 6. The number of nitrogens with zero attached hydrogens (tertiary/aromatic N) is 3. The van der Waals surface area contributed by atoms with Crippen LogP contribution in [0.4, 0.5) is 10.5 Å². The summed E-state index contributed by atoms with van der Waals surface area (Å²) >= 11 is 1.46. The standard InChI is InChI=1S/C23H27N5O3S/c1-15-14-16(2)25-21(24-15)32-18-8-6-17(7-9-18)26-19(29)10-13-28-20(30)23(27-22(28)31)11-4-3-5-12-23/h6-9,14H,3-5,10-13H2,1-2H3,(H,26,29)(H,27,31). The first kappa shape index (κ1) is 22.3. The molecule has 1 aliphatic carbocycles. The highest BCUT2D eigenvalue weighted by molar-refractivity contribution is 7.99. The second kappa shape index (κ2) is 9.28. The molecule has 4 rings (SSSR count). The van der Waals surface area contributed by atoms with E-state index in [4.69, 9.17) is 0 Å². The maximum Gasteiger partial charge on any atom is 0.325 e. The zero-order chi connectivity index (χ0) is 22.7. The Kier molecular flexibility index (Phi) is 6.45. The number of imide groups is 1. The molecule has 9 heteroatoms. The number of aromatic nitrogens is 2. The first-order valence-corrected chi connectivity index (χ1v) is 11.7. The molecule has 32 heavy (non-hydrogen) atoms. The third kappa shape index (κ3) is 4.93. The molecule has 2 aromatic rings. The Bertz CT molecular complexity index is 1010. The number of carbonyl (C=O) groups is 3. The molecule has 2 aliphatic rings. The van der Waals surface area contributed by atoms with E-state index in [0.29, 0.717) is 23.7 Å². The smallest absolute Gasteiger partial charge is 0.325 e. The van der Waals surface area contributed by atoms with Crippen LogP contribution in [0.2, 0.25) is 0 Å². The summed E-state index contributed by atoms with van der Waals surface area (Å²) in [6, 6.07) is 8.95. The molecule has 4 amide bonds. The summed E-state index contributed by atoms with van der Waals surface area (Å²) in [6.45, 7) is 3.95. The number of nitrogens with one attached hydrogen (secondary N) is 2. The van der Waals surface area contributed by atoms with Crippen LogP contribution in [0.15, 0.2) is 40.4 Å². The summed E-state index contributed by atoms with van der Waals surface area (Å²) < 4.78 is 0. The van der Waals surface area contributed by atoms with Crippen LogP contribution >= 0.6 is 11.8 Å². The molecule has 1 aromatic heterocycles. The minimum Gasteiger partial charge on any atom is -0.326 e. The van der Waals surface area contributed by atoms with Gasteiger partial charge >= 0.3 is 6.03 Å². The average Bonchev–Trinajstić information content (AvgIpc) is 2.96. The van der Waals surface area contributed by atoms with E-state index in [9.17, 15) is 14.4 Å². The van der Waals surface area contributed by atoms with Crippen LogP contribution in [0.5, 0.6) is 0 Å². The summed E-state index contributed by atoms with van der Waals surface area (Å²) in [6.07, 6.45) is 4.37. The number of amides is 4. The van der Waals surface area contributed by atoms with Gasteiger partial charge in [-0.25, -0.2) is 14.8 Å². The van der Waals surface area contributed by atoms with Gasteiger partial charge in [0.25, 0.3) is 5.91 Å². The molecule has 0 bridgehead atoms. The molecule has 2 heterocycles. The van der Waals surface area contributed by atoms with E-state index in [0.717, 1.165) is 35.5 Å². The third-order valence-corrected chi connectivity index (χ3v) is 6.70. The average molecular weight is 454 g/mol. The quantitative estimate of drug-likeness (QED) is 0.509. The van der Waals surface area contributed by atoms with E-state index in [2.05, 4.69) is 20.6 Å². The zero-order valence-electron chi connectivity index (χ0n) is 18.3. The first-order chi connectivity index (χ1) is 15.3. The number of benzene rings is 1. The van der Waals surface area contributed by atoms with Crippen LogP contribution in [-0.2, 0) is 9.59 Å². The number of carbonyl (C=O) groups excluding carboxylic acids is 3. The minimum atomic E-state index is -0.751. The fourth-order valence-electron chi connectivity index (χ4n) is 4.26. The summed E-state index contributed by atoms with van der Waals surface area (Å²) in [5.74, 6) is -0.432. The Balaban J connectivity index is 1.29. The van der Waals surface area contributed by atoms with Gasteiger partial charge in [-0.3, -0.25) is 14.5 Å². The van der Waals surface area contributed by atoms with Crippen molar-refractivity contribution in [3.8, 4) is 0 Å². The first-order valence-electron chi connectivity index (χ1n) is 10.9. The van der Waals surface area contributed by atoms with E-state index in [1.165, 1.54) is 16.7 Å². The summed E-state index contributed by atoms with van der Waals surface area (Å²) in [5.41, 5.74) is 1.74. The molecule has 2 fully saturated rings. The predicted molar refractivity (Wildman–Crippen MR) is 121 cm³/mol. The van der Waals surface area contributed by atoms with Crippen molar-refractivity contribution in [2.24, 2.45) is 0 Å². The van der Waals surface area contributed by atoms with Gasteiger partial charge in [0, 0.05) is 34.9 Å². The molecule has 0 atom stereocenters. The highest BCUT2D eigenvalue weighted by Gasteiger charge is 2.51. The lowest BCUT2D eigenvalue weighted by molar-refractivity contribution is -0.132. The summed E-state index contributed by atoms with van der Waals surface area (Å²) in [5, 5.41) is 6.38. The van der Waals surface area contributed by atoms with Crippen molar-refractivity contribution in [3.63, 3.8) is 0 Å². The molecule has 1 spiro atoms. The molecule has 0 unspecified atom stereocenters. The Morgan fingerprint density at radius 3 is 2.41 bits per heavy atom. The highest BCUT2D eigenvalue weighted by atomic mass is 32.2. The largest absolute Gasteiger partial charge is 0.326 e. The van der Waals surface area contributed by atoms with Crippen LogP contribution in [0.1, 0.15) is 49.9 Å². The van der Waals surface area contributed by atoms with Gasteiger partial charge < -0.3 is 10.6 Å². The van der Waals surface area contributed by atoms with E-state index in [-0.39, 0.29) is 30.8 Å². The number of aryl methyl sites for hydroxylation is 2. The maximum atomic E-state index is 12.8. The Morgan fingerprint density at radius 2 is 1.75 bits per heavy atom. The molecule has 1 saturated carbocycles. The topological polar surface area (TPSA) is 104 Å². The van der Waals surface area contributed by atoms with E-state index in [1.54, 1.807) is 0 Å². The van der Waals surface area contributed by atoms with E-state index < -0.39 is 5.54 Å². The molecule has 2 N–H and O–H groups in total. The molecule has 1 aliphatic heterocycles. The van der Waals surface area contributed by atoms with Crippen molar-refractivity contribution >= 4 is 35.3 Å². The lowest BCUT2D eigenvalue weighted by Crippen LogP contribution is -2.48. The van der Waals surface area contributed by atoms with E-state index >= 15 is 0 Å². The van der Waals surface area contributed by atoms with Crippen molar-refractivity contribution < 1.29 is 14.4 Å². The van der Waals surface area contributed by atoms with Crippen molar-refractivity contribution in [2.75, 3.05) is 11.9 Å². The van der Waals surface area contributed by atoms with E-state index in [1.807, 2.05) is 44.2 Å². The monoisotopic (exact) mass is 453 g/mol. The van der Waals surface area contributed by atoms with Crippen LogP contribution in [-0.4, -0.2) is 44.8 Å². The lowest BCUT2D eigenvalue weighted by Gasteiger charge is -2.30. The van der Waals surface area contributed by atoms with Gasteiger partial charge in [0.15, 0.2) is 5.16 Å². The van der Waals surface area contributed by atoms with Crippen LogP contribution < -0.4 is 10.6 Å². The van der Waals surface area contributed by atoms with Gasteiger partial charge in [-0.05, 0) is 68.8 Å². The molecule has 1 aromatic carbocycles. The summed E-state index contributed by atoms with van der Waals surface area (Å²) in [7, 11) is 0. The van der Waals surface area contributed by atoms with Crippen LogP contribution in [0.3, 0.4) is 0 Å². The fraction of sp³-hybridized carbons (Fsp3) is 0.435. The molecule has 8 nitrogen and oxygen atoms in total. The van der Waals surface area contributed by atoms with Crippen molar-refractivity contribution in [2.45, 2.75) is 68.0 Å². The number of hydrogen-bond donors (Lipinski definition) is 2. The van der Waals surface area contributed by atoms with Crippen molar-refractivity contribution in [1.82, 2.24) is 20.2 Å². The van der Waals surface area contributed by atoms with Gasteiger partial charge in [0.2, 0.25) is 5.91 Å². The van der Waals surface area contributed by atoms with Gasteiger partial charge in [-0.2, -0.15) is 0 Å². The molecule has 168 valence electrons. The maximum absolute atomic E-state index is 12.8.